The third-order valence-corrected chi connectivity index (χ3v) is 2.34. The highest BCUT2D eigenvalue weighted by Gasteiger charge is 1.99. The Hall–Kier alpha value is -1.19. The van der Waals surface area contributed by atoms with Crippen LogP contribution in [-0.2, 0) is 13.1 Å². The predicted molar refractivity (Wildman–Crippen MR) is 68.1 cm³/mol. The molecule has 3 heteroatoms. The second-order valence-electron chi connectivity index (χ2n) is 3.92. The average Bonchev–Trinajstić information content (AvgIpc) is 2.28. The number of nitrogens with one attached hydrogen (secondary N) is 1. The van der Waals surface area contributed by atoms with Crippen molar-refractivity contribution in [2.75, 3.05) is 20.1 Å². The first-order chi connectivity index (χ1) is 7.76. The highest BCUT2D eigenvalue weighted by molar-refractivity contribution is 5.13. The molecule has 1 N–H and O–H groups in total. The molecule has 0 fully saturated rings. The van der Waals surface area contributed by atoms with Gasteiger partial charge in [-0.2, -0.15) is 0 Å². The van der Waals surface area contributed by atoms with E-state index in [4.69, 9.17) is 0 Å². The molecule has 0 unspecified atom stereocenters. The number of hydrogen-bond acceptors (Lipinski definition) is 3. The Morgan fingerprint density at radius 2 is 2.31 bits per heavy atom. The zero-order valence-electron chi connectivity index (χ0n) is 10.2. The Bertz CT molecular complexity index is 305. The molecule has 0 saturated heterocycles. The van der Waals surface area contributed by atoms with Gasteiger partial charge in [0, 0.05) is 25.8 Å². The van der Waals surface area contributed by atoms with Gasteiger partial charge < -0.3 is 5.32 Å². The van der Waals surface area contributed by atoms with E-state index in [9.17, 15) is 0 Å². The van der Waals surface area contributed by atoms with E-state index >= 15 is 0 Å². The molecule has 1 heterocycles. The summed E-state index contributed by atoms with van der Waals surface area (Å²) >= 11 is 0. The van der Waals surface area contributed by atoms with Gasteiger partial charge in [0.2, 0.25) is 0 Å². The maximum atomic E-state index is 4.44. The fraction of sp³-hybridized carbons (Fsp3) is 0.462. The lowest BCUT2D eigenvalue weighted by Crippen LogP contribution is -2.18. The van der Waals surface area contributed by atoms with Gasteiger partial charge in [-0.25, -0.2) is 0 Å². The highest BCUT2D eigenvalue weighted by atomic mass is 15.1. The average molecular weight is 219 g/mol. The smallest absolute Gasteiger partial charge is 0.0544 e. The minimum absolute atomic E-state index is 0.869. The molecule has 0 radical (unpaired) electrons. The molecule has 1 aromatic rings. The molecule has 0 aliphatic heterocycles. The maximum absolute atomic E-state index is 4.44. The Kier molecular flexibility index (Phi) is 5.75. The molecule has 88 valence electrons. The van der Waals surface area contributed by atoms with Crippen LogP contribution in [0.2, 0.25) is 0 Å². The van der Waals surface area contributed by atoms with Gasteiger partial charge in [-0.1, -0.05) is 19.1 Å². The van der Waals surface area contributed by atoms with Crippen LogP contribution in [0.3, 0.4) is 0 Å². The second kappa shape index (κ2) is 7.14. The Morgan fingerprint density at radius 1 is 1.50 bits per heavy atom. The lowest BCUT2D eigenvalue weighted by Gasteiger charge is -2.13. The van der Waals surface area contributed by atoms with Gasteiger partial charge in [-0.3, -0.25) is 9.88 Å². The Morgan fingerprint density at radius 3 is 2.88 bits per heavy atom. The van der Waals surface area contributed by atoms with Crippen molar-refractivity contribution in [2.45, 2.75) is 20.0 Å². The van der Waals surface area contributed by atoms with Crippen LogP contribution in [0, 0.1) is 0 Å². The zero-order valence-corrected chi connectivity index (χ0v) is 10.2. The van der Waals surface area contributed by atoms with Crippen molar-refractivity contribution in [3.8, 4) is 0 Å². The minimum atomic E-state index is 0.869. The molecule has 3 nitrogen and oxygen atoms in total. The Balaban J connectivity index is 2.47. The lowest BCUT2D eigenvalue weighted by atomic mass is 10.2. The molecule has 16 heavy (non-hydrogen) atoms. The molecule has 0 amide bonds. The molecule has 0 saturated carbocycles. The van der Waals surface area contributed by atoms with E-state index in [-0.39, 0.29) is 0 Å². The molecule has 1 aromatic heterocycles. The summed E-state index contributed by atoms with van der Waals surface area (Å²) in [6, 6.07) is 4.22. The van der Waals surface area contributed by atoms with Crippen LogP contribution in [0.4, 0.5) is 0 Å². The topological polar surface area (TPSA) is 28.2 Å². The number of rotatable bonds is 7. The first kappa shape index (κ1) is 12.9. The van der Waals surface area contributed by atoms with Crippen LogP contribution in [0.5, 0.6) is 0 Å². The zero-order chi connectivity index (χ0) is 11.8. The molecule has 0 atom stereocenters. The van der Waals surface area contributed by atoms with Crippen molar-refractivity contribution < 1.29 is 0 Å². The van der Waals surface area contributed by atoms with Crippen molar-refractivity contribution in [1.82, 2.24) is 15.2 Å². The molecular weight excluding hydrogens is 198 g/mol. The number of hydrogen-bond donors (Lipinski definition) is 1. The minimum Gasteiger partial charge on any atom is -0.313 e. The van der Waals surface area contributed by atoms with Crippen LogP contribution in [0.25, 0.3) is 0 Å². The molecule has 0 bridgehead atoms. The summed E-state index contributed by atoms with van der Waals surface area (Å²) in [5.74, 6) is 0. The number of likely N-dealkylation sites (N-methyl/N-ethyl adjacent to an activating group) is 1. The monoisotopic (exact) mass is 219 g/mol. The summed E-state index contributed by atoms with van der Waals surface area (Å²) in [6.07, 6.45) is 3.85. The highest BCUT2D eigenvalue weighted by Crippen LogP contribution is 2.02. The molecule has 1 rings (SSSR count). The molecule has 0 spiro atoms. The lowest BCUT2D eigenvalue weighted by molar-refractivity contribution is 0.359. The molecule has 0 aliphatic rings. The normalized spacial score (nSPS) is 10.7. The number of nitrogens with zero attached hydrogens (tertiary/aromatic N) is 2. The first-order valence-electron chi connectivity index (χ1n) is 5.70. The SMILES string of the molecule is C=CCN(C)Cc1ccc(CNCC)cn1. The summed E-state index contributed by atoms with van der Waals surface area (Å²) in [6.45, 7) is 9.47. The summed E-state index contributed by atoms with van der Waals surface area (Å²) < 4.78 is 0. The van der Waals surface area contributed by atoms with Gasteiger partial charge in [0.15, 0.2) is 0 Å². The van der Waals surface area contributed by atoms with E-state index in [2.05, 4.69) is 47.9 Å². The van der Waals surface area contributed by atoms with Crippen LogP contribution < -0.4 is 5.32 Å². The van der Waals surface area contributed by atoms with E-state index < -0.39 is 0 Å². The van der Waals surface area contributed by atoms with Crippen LogP contribution in [0.15, 0.2) is 31.0 Å². The van der Waals surface area contributed by atoms with E-state index in [0.717, 1.165) is 31.9 Å². The van der Waals surface area contributed by atoms with Gasteiger partial charge in [0.25, 0.3) is 0 Å². The van der Waals surface area contributed by atoms with Gasteiger partial charge >= 0.3 is 0 Å². The molecule has 0 aromatic carbocycles. The third-order valence-electron chi connectivity index (χ3n) is 2.34. The van der Waals surface area contributed by atoms with Gasteiger partial charge in [-0.15, -0.1) is 6.58 Å². The summed E-state index contributed by atoms with van der Waals surface area (Å²) in [7, 11) is 2.07. The molecule has 0 aliphatic carbocycles. The molecular formula is C13H21N3. The first-order valence-corrected chi connectivity index (χ1v) is 5.70. The largest absolute Gasteiger partial charge is 0.313 e. The van der Waals surface area contributed by atoms with Crippen molar-refractivity contribution in [3.05, 3.63) is 42.2 Å². The van der Waals surface area contributed by atoms with Crippen molar-refractivity contribution >= 4 is 0 Å². The van der Waals surface area contributed by atoms with Crippen molar-refractivity contribution in [2.24, 2.45) is 0 Å². The Labute approximate surface area is 98.2 Å². The van der Waals surface area contributed by atoms with E-state index in [0.29, 0.717) is 0 Å². The predicted octanol–water partition coefficient (Wildman–Crippen LogP) is 1.81. The summed E-state index contributed by atoms with van der Waals surface area (Å²) in [5.41, 5.74) is 2.33. The van der Waals surface area contributed by atoms with Gasteiger partial charge in [0.05, 0.1) is 5.69 Å². The van der Waals surface area contributed by atoms with Gasteiger partial charge in [-0.05, 0) is 25.2 Å². The second-order valence-corrected chi connectivity index (χ2v) is 3.92. The van der Waals surface area contributed by atoms with Crippen LogP contribution in [0.1, 0.15) is 18.2 Å². The third kappa shape index (κ3) is 4.55. The number of aromatic nitrogens is 1. The quantitative estimate of drug-likeness (QED) is 0.709. The standard InChI is InChI=1S/C13H21N3/c1-4-8-16(3)11-13-7-6-12(10-15-13)9-14-5-2/h4,6-7,10,14H,1,5,8-9,11H2,2-3H3. The van der Waals surface area contributed by atoms with Crippen molar-refractivity contribution in [1.29, 1.82) is 0 Å². The van der Waals surface area contributed by atoms with Crippen LogP contribution in [-0.4, -0.2) is 30.0 Å². The summed E-state index contributed by atoms with van der Waals surface area (Å²) in [5, 5.41) is 3.28. The van der Waals surface area contributed by atoms with E-state index in [1.54, 1.807) is 0 Å². The summed E-state index contributed by atoms with van der Waals surface area (Å²) in [4.78, 5) is 6.62. The van der Waals surface area contributed by atoms with Gasteiger partial charge in [0.1, 0.15) is 0 Å². The van der Waals surface area contributed by atoms with E-state index in [1.165, 1.54) is 5.56 Å². The number of pyridine rings is 1. The fourth-order valence-electron chi connectivity index (χ4n) is 1.48. The van der Waals surface area contributed by atoms with Crippen LogP contribution >= 0.6 is 0 Å². The maximum Gasteiger partial charge on any atom is 0.0544 e. The van der Waals surface area contributed by atoms with E-state index in [1.807, 2.05) is 12.3 Å². The fourth-order valence-corrected chi connectivity index (χ4v) is 1.48. The van der Waals surface area contributed by atoms with Crippen molar-refractivity contribution in [3.63, 3.8) is 0 Å².